The molecule has 0 aliphatic carbocycles. The van der Waals surface area contributed by atoms with Gasteiger partial charge in [-0.15, -0.1) is 0 Å². The van der Waals surface area contributed by atoms with Gasteiger partial charge in [-0.2, -0.15) is 0 Å². The van der Waals surface area contributed by atoms with Gasteiger partial charge in [-0.3, -0.25) is 15.8 Å². The minimum Gasteiger partial charge on any atom is -0.271 e. The van der Waals surface area contributed by atoms with Crippen LogP contribution in [0.4, 0.5) is 8.78 Å². The lowest BCUT2D eigenvalue weighted by atomic mass is 10.0. The van der Waals surface area contributed by atoms with Crippen LogP contribution in [0.1, 0.15) is 28.6 Å². The molecule has 0 radical (unpaired) electrons. The summed E-state index contributed by atoms with van der Waals surface area (Å²) < 4.78 is 27.9. The van der Waals surface area contributed by atoms with Crippen molar-refractivity contribution in [3.8, 4) is 0 Å². The summed E-state index contributed by atoms with van der Waals surface area (Å²) in [5.41, 5.74) is 3.64. The third kappa shape index (κ3) is 2.59. The molecule has 0 saturated heterocycles. The molecule has 2 aromatic rings. The fourth-order valence-electron chi connectivity index (χ4n) is 1.81. The Morgan fingerprint density at radius 1 is 1.16 bits per heavy atom. The van der Waals surface area contributed by atoms with Gasteiger partial charge in [0.15, 0.2) is 0 Å². The number of hydrogen-bond donors (Lipinski definition) is 2. The number of halogens is 2. The summed E-state index contributed by atoms with van der Waals surface area (Å²) in [6, 6.07) is 1.70. The van der Waals surface area contributed by atoms with Crippen molar-refractivity contribution in [2.45, 2.75) is 19.9 Å². The van der Waals surface area contributed by atoms with Gasteiger partial charge in [-0.1, -0.05) is 6.07 Å². The fraction of sp³-hybridized carbons (Fsp3) is 0.231. The van der Waals surface area contributed by atoms with Gasteiger partial charge in [0.25, 0.3) is 0 Å². The molecule has 100 valence electrons. The molecule has 1 atom stereocenters. The zero-order valence-corrected chi connectivity index (χ0v) is 10.6. The first-order valence-electron chi connectivity index (χ1n) is 5.73. The van der Waals surface area contributed by atoms with E-state index in [0.29, 0.717) is 17.0 Å². The molecule has 0 amide bonds. The SMILES string of the molecule is Cc1cnc(C(NN)c2c(F)ccc(C)c2F)cn1. The Labute approximate surface area is 109 Å². The molecular formula is C13H14F2N4. The fourth-order valence-corrected chi connectivity index (χ4v) is 1.81. The molecular weight excluding hydrogens is 250 g/mol. The van der Waals surface area contributed by atoms with Gasteiger partial charge < -0.3 is 0 Å². The highest BCUT2D eigenvalue weighted by atomic mass is 19.1. The van der Waals surface area contributed by atoms with E-state index >= 15 is 0 Å². The van der Waals surface area contributed by atoms with Crippen molar-refractivity contribution in [3.05, 3.63) is 58.7 Å². The molecule has 2 rings (SSSR count). The number of hydrogen-bond acceptors (Lipinski definition) is 4. The predicted molar refractivity (Wildman–Crippen MR) is 67.0 cm³/mol. The zero-order valence-electron chi connectivity index (χ0n) is 10.6. The van der Waals surface area contributed by atoms with Crippen LogP contribution in [-0.4, -0.2) is 9.97 Å². The molecule has 0 fully saturated rings. The Balaban J connectivity index is 2.54. The van der Waals surface area contributed by atoms with Crippen LogP contribution in [0.2, 0.25) is 0 Å². The molecule has 0 aliphatic heterocycles. The molecule has 6 heteroatoms. The normalized spacial score (nSPS) is 12.5. The van der Waals surface area contributed by atoms with Gasteiger partial charge in [0.05, 0.1) is 23.6 Å². The van der Waals surface area contributed by atoms with Crippen molar-refractivity contribution in [2.24, 2.45) is 5.84 Å². The standard InChI is InChI=1S/C13H14F2N4/c1-7-3-4-9(14)11(12(7)15)13(19-16)10-6-17-8(2)5-18-10/h3-6,13,19H,16H2,1-2H3. The van der Waals surface area contributed by atoms with Crippen LogP contribution in [0, 0.1) is 25.5 Å². The van der Waals surface area contributed by atoms with E-state index in [1.165, 1.54) is 24.5 Å². The van der Waals surface area contributed by atoms with E-state index in [9.17, 15) is 8.78 Å². The van der Waals surface area contributed by atoms with Crippen molar-refractivity contribution in [1.82, 2.24) is 15.4 Å². The highest BCUT2D eigenvalue weighted by molar-refractivity contribution is 5.33. The van der Waals surface area contributed by atoms with Crippen LogP contribution < -0.4 is 11.3 Å². The average Bonchev–Trinajstić information content (AvgIpc) is 2.40. The van der Waals surface area contributed by atoms with E-state index < -0.39 is 17.7 Å². The molecule has 0 spiro atoms. The summed E-state index contributed by atoms with van der Waals surface area (Å²) in [5.74, 6) is 4.10. The van der Waals surface area contributed by atoms with Crippen molar-refractivity contribution < 1.29 is 8.78 Å². The molecule has 1 aromatic carbocycles. The molecule has 1 aromatic heterocycles. The molecule has 3 N–H and O–H groups in total. The van der Waals surface area contributed by atoms with Crippen LogP contribution in [0.15, 0.2) is 24.5 Å². The maximum atomic E-state index is 14.1. The lowest BCUT2D eigenvalue weighted by Crippen LogP contribution is -2.31. The largest absolute Gasteiger partial charge is 0.271 e. The number of benzene rings is 1. The van der Waals surface area contributed by atoms with Crippen LogP contribution in [0.5, 0.6) is 0 Å². The number of nitrogens with two attached hydrogens (primary N) is 1. The van der Waals surface area contributed by atoms with Gasteiger partial charge in [-0.05, 0) is 25.5 Å². The minimum absolute atomic E-state index is 0.152. The Kier molecular flexibility index (Phi) is 3.82. The van der Waals surface area contributed by atoms with Crippen LogP contribution in [0.25, 0.3) is 0 Å². The van der Waals surface area contributed by atoms with Crippen molar-refractivity contribution >= 4 is 0 Å². The van der Waals surface area contributed by atoms with E-state index in [2.05, 4.69) is 15.4 Å². The second kappa shape index (κ2) is 5.38. The first-order chi connectivity index (χ1) is 9.04. The van der Waals surface area contributed by atoms with E-state index in [1.54, 1.807) is 13.8 Å². The van der Waals surface area contributed by atoms with Crippen LogP contribution in [0.3, 0.4) is 0 Å². The number of rotatable bonds is 3. The second-order valence-corrected chi connectivity index (χ2v) is 4.27. The average molecular weight is 264 g/mol. The first-order valence-corrected chi connectivity index (χ1v) is 5.73. The highest BCUT2D eigenvalue weighted by Crippen LogP contribution is 2.26. The van der Waals surface area contributed by atoms with E-state index in [-0.39, 0.29) is 5.56 Å². The van der Waals surface area contributed by atoms with Crippen molar-refractivity contribution in [1.29, 1.82) is 0 Å². The summed E-state index contributed by atoms with van der Waals surface area (Å²) in [5, 5.41) is 0. The number of aromatic nitrogens is 2. The smallest absolute Gasteiger partial charge is 0.134 e. The predicted octanol–water partition coefficient (Wildman–Crippen LogP) is 1.92. The summed E-state index contributed by atoms with van der Waals surface area (Å²) in [7, 11) is 0. The molecule has 0 bridgehead atoms. The third-order valence-corrected chi connectivity index (χ3v) is 2.87. The zero-order chi connectivity index (χ0) is 14.0. The van der Waals surface area contributed by atoms with Crippen LogP contribution >= 0.6 is 0 Å². The maximum absolute atomic E-state index is 14.1. The van der Waals surface area contributed by atoms with Crippen molar-refractivity contribution in [2.75, 3.05) is 0 Å². The topological polar surface area (TPSA) is 63.8 Å². The molecule has 0 aliphatic rings. The Hall–Kier alpha value is -1.92. The Bertz CT molecular complexity index is 584. The molecule has 1 unspecified atom stereocenters. The lowest BCUT2D eigenvalue weighted by Gasteiger charge is -2.18. The number of hydrazine groups is 1. The second-order valence-electron chi connectivity index (χ2n) is 4.27. The van der Waals surface area contributed by atoms with E-state index in [0.717, 1.165) is 0 Å². The lowest BCUT2D eigenvalue weighted by molar-refractivity contribution is 0.501. The summed E-state index contributed by atoms with van der Waals surface area (Å²) in [6.07, 6.45) is 2.96. The van der Waals surface area contributed by atoms with Gasteiger partial charge >= 0.3 is 0 Å². The number of nitrogens with one attached hydrogen (secondary N) is 1. The van der Waals surface area contributed by atoms with E-state index in [1.807, 2.05) is 0 Å². The molecule has 19 heavy (non-hydrogen) atoms. The highest BCUT2D eigenvalue weighted by Gasteiger charge is 2.23. The molecule has 0 saturated carbocycles. The summed E-state index contributed by atoms with van der Waals surface area (Å²) in [4.78, 5) is 8.15. The third-order valence-electron chi connectivity index (χ3n) is 2.87. The monoisotopic (exact) mass is 264 g/mol. The first kappa shape index (κ1) is 13.5. The summed E-state index contributed by atoms with van der Waals surface area (Å²) in [6.45, 7) is 3.34. The van der Waals surface area contributed by atoms with Gasteiger partial charge in [0.1, 0.15) is 11.6 Å². The van der Waals surface area contributed by atoms with E-state index in [4.69, 9.17) is 5.84 Å². The van der Waals surface area contributed by atoms with Gasteiger partial charge in [0, 0.05) is 11.8 Å². The quantitative estimate of drug-likeness (QED) is 0.656. The van der Waals surface area contributed by atoms with Crippen LogP contribution in [-0.2, 0) is 0 Å². The minimum atomic E-state index is -0.881. The maximum Gasteiger partial charge on any atom is 0.134 e. The number of nitrogens with zero attached hydrogens (tertiary/aromatic N) is 2. The van der Waals surface area contributed by atoms with Gasteiger partial charge in [0.2, 0.25) is 0 Å². The molecule has 1 heterocycles. The van der Waals surface area contributed by atoms with Gasteiger partial charge in [-0.25, -0.2) is 14.2 Å². The Morgan fingerprint density at radius 2 is 1.89 bits per heavy atom. The summed E-state index contributed by atoms with van der Waals surface area (Å²) >= 11 is 0. The Morgan fingerprint density at radius 3 is 2.47 bits per heavy atom. The number of aryl methyl sites for hydroxylation is 2. The van der Waals surface area contributed by atoms with Crippen molar-refractivity contribution in [3.63, 3.8) is 0 Å². The molecule has 4 nitrogen and oxygen atoms in total.